The first-order chi connectivity index (χ1) is 18.5. The lowest BCUT2D eigenvalue weighted by molar-refractivity contribution is 0.00471. The molecule has 7 heteroatoms. The van der Waals surface area contributed by atoms with Gasteiger partial charge in [0, 0.05) is 43.2 Å². The van der Waals surface area contributed by atoms with Gasteiger partial charge in [-0.2, -0.15) is 0 Å². The van der Waals surface area contributed by atoms with Crippen LogP contribution in [0.5, 0.6) is 0 Å². The molecule has 38 heavy (non-hydrogen) atoms. The molecule has 5 rings (SSSR count). The number of benzene rings is 2. The smallest absolute Gasteiger partial charge is 0.404 e. The Morgan fingerprint density at radius 2 is 1.89 bits per heavy atom. The molecule has 6 nitrogen and oxygen atoms in total. The number of imidazole rings is 1. The highest BCUT2D eigenvalue weighted by Crippen LogP contribution is 2.52. The van der Waals surface area contributed by atoms with E-state index in [0.29, 0.717) is 6.54 Å². The summed E-state index contributed by atoms with van der Waals surface area (Å²) < 4.78 is 22.8. The fourth-order valence-corrected chi connectivity index (χ4v) is 7.20. The quantitative estimate of drug-likeness (QED) is 0.394. The molecule has 1 aliphatic carbocycles. The van der Waals surface area contributed by atoms with Gasteiger partial charge in [-0.3, -0.25) is 4.90 Å². The van der Waals surface area contributed by atoms with E-state index in [1.54, 1.807) is 6.07 Å². The van der Waals surface area contributed by atoms with Crippen molar-refractivity contribution in [3.63, 3.8) is 0 Å². The number of ether oxygens (including phenoxy) is 1. The number of piperidine rings is 1. The van der Waals surface area contributed by atoms with Crippen LogP contribution in [0.15, 0.2) is 67.0 Å². The van der Waals surface area contributed by atoms with Crippen molar-refractivity contribution in [3.05, 3.63) is 89.8 Å². The maximum absolute atomic E-state index is 14.9. The Labute approximate surface area is 225 Å². The molecule has 1 unspecified atom stereocenters. The third-order valence-electron chi connectivity index (χ3n) is 8.86. The molecule has 2 aromatic carbocycles. The highest BCUT2D eigenvalue weighted by molar-refractivity contribution is 5.65. The highest BCUT2D eigenvalue weighted by Gasteiger charge is 2.53. The number of rotatable bonds is 9. The molecule has 1 amide bonds. The number of aryl methyl sites for hydroxylation is 1. The summed E-state index contributed by atoms with van der Waals surface area (Å²) in [5.74, 6) is 1.10. The Morgan fingerprint density at radius 3 is 2.61 bits per heavy atom. The predicted molar refractivity (Wildman–Crippen MR) is 146 cm³/mol. The van der Waals surface area contributed by atoms with Crippen LogP contribution in [0.3, 0.4) is 0 Å². The summed E-state index contributed by atoms with van der Waals surface area (Å²) >= 11 is 0. The molecule has 0 spiro atoms. The molecule has 1 aromatic heterocycles. The number of amides is 1. The molecule has 2 fully saturated rings. The summed E-state index contributed by atoms with van der Waals surface area (Å²) in [5.41, 5.74) is 7.43. The number of nitrogens with two attached hydrogens (primary N) is 1. The molecule has 0 bridgehead atoms. The average molecular weight is 519 g/mol. The van der Waals surface area contributed by atoms with Crippen LogP contribution >= 0.6 is 0 Å². The maximum Gasteiger partial charge on any atom is 0.404 e. The molecule has 2 heterocycles. The van der Waals surface area contributed by atoms with Gasteiger partial charge in [-0.05, 0) is 74.4 Å². The summed E-state index contributed by atoms with van der Waals surface area (Å²) in [5, 5.41) is 0. The van der Waals surface area contributed by atoms with Crippen molar-refractivity contribution in [2.24, 2.45) is 17.6 Å². The Bertz CT molecular complexity index is 1210. The molecule has 3 atom stereocenters. The number of halogens is 1. The van der Waals surface area contributed by atoms with E-state index < -0.39 is 11.5 Å². The molecule has 3 aromatic rings. The molecule has 1 saturated heterocycles. The maximum atomic E-state index is 14.9. The van der Waals surface area contributed by atoms with E-state index in [9.17, 15) is 9.18 Å². The fraction of sp³-hybridized carbons (Fsp3) is 0.484. The van der Waals surface area contributed by atoms with Gasteiger partial charge in [-0.15, -0.1) is 0 Å². The summed E-state index contributed by atoms with van der Waals surface area (Å²) in [7, 11) is 0. The summed E-state index contributed by atoms with van der Waals surface area (Å²) in [4.78, 5) is 19.1. The summed E-state index contributed by atoms with van der Waals surface area (Å²) in [6.45, 7) is 5.65. The van der Waals surface area contributed by atoms with Crippen LogP contribution in [0.25, 0.3) is 0 Å². The van der Waals surface area contributed by atoms with Crippen molar-refractivity contribution in [2.45, 2.75) is 70.1 Å². The zero-order valence-corrected chi connectivity index (χ0v) is 22.3. The van der Waals surface area contributed by atoms with E-state index in [-0.39, 0.29) is 23.8 Å². The summed E-state index contributed by atoms with van der Waals surface area (Å²) in [6, 6.07) is 17.7. The number of carbonyl (C=O) groups excluding carboxylic acids is 1. The average Bonchev–Trinajstić information content (AvgIpc) is 3.57. The second kappa shape index (κ2) is 11.7. The number of primary amides is 1. The number of hydrogen-bond acceptors (Lipinski definition) is 4. The standard InChI is InChI=1S/C31H39FN4O2/c1-2-29-34-16-19-36(29)22-31(25-10-6-11-26(32)20-25,27-12-7-13-28(27)38-30(33)37)24-14-17-35(18-15-24)21-23-8-4-3-5-9-23/h3-6,8-11,16,19-20,24,27-28H,2,7,12-15,17-18,21-22H2,1H3,(H2,33,37)/t27-,28-,31?/m0/s1. The molecule has 202 valence electrons. The minimum absolute atomic E-state index is 0.0366. The minimum Gasteiger partial charge on any atom is -0.446 e. The van der Waals surface area contributed by atoms with Gasteiger partial charge in [-0.1, -0.05) is 49.4 Å². The minimum atomic E-state index is -0.732. The highest BCUT2D eigenvalue weighted by atomic mass is 19.1. The zero-order valence-electron chi connectivity index (χ0n) is 22.3. The third-order valence-corrected chi connectivity index (χ3v) is 8.86. The first-order valence-corrected chi connectivity index (χ1v) is 14.0. The van der Waals surface area contributed by atoms with Crippen LogP contribution in [-0.2, 0) is 29.7 Å². The number of likely N-dealkylation sites (tertiary alicyclic amines) is 1. The number of nitrogens with zero attached hydrogens (tertiary/aromatic N) is 3. The van der Waals surface area contributed by atoms with Crippen molar-refractivity contribution in [1.29, 1.82) is 0 Å². The second-order valence-corrected chi connectivity index (χ2v) is 10.9. The van der Waals surface area contributed by atoms with Crippen LogP contribution in [-0.4, -0.2) is 39.7 Å². The van der Waals surface area contributed by atoms with Crippen molar-refractivity contribution < 1.29 is 13.9 Å². The van der Waals surface area contributed by atoms with Crippen LogP contribution in [0, 0.1) is 17.7 Å². The lowest BCUT2D eigenvalue weighted by Crippen LogP contribution is -2.52. The number of aromatic nitrogens is 2. The van der Waals surface area contributed by atoms with E-state index in [4.69, 9.17) is 10.5 Å². The fourth-order valence-electron chi connectivity index (χ4n) is 7.20. The van der Waals surface area contributed by atoms with E-state index in [1.165, 1.54) is 11.6 Å². The van der Waals surface area contributed by atoms with Crippen LogP contribution in [0.2, 0.25) is 0 Å². The van der Waals surface area contributed by atoms with Gasteiger partial charge < -0.3 is 15.0 Å². The molecular formula is C31H39FN4O2. The van der Waals surface area contributed by atoms with Gasteiger partial charge in [0.1, 0.15) is 17.7 Å². The lowest BCUT2D eigenvalue weighted by atomic mass is 9.58. The number of hydrogen-bond donors (Lipinski definition) is 1. The van der Waals surface area contributed by atoms with Gasteiger partial charge >= 0.3 is 6.09 Å². The zero-order chi connectivity index (χ0) is 26.5. The van der Waals surface area contributed by atoms with Gasteiger partial charge in [0.2, 0.25) is 0 Å². The Kier molecular flexibility index (Phi) is 8.12. The van der Waals surface area contributed by atoms with Gasteiger partial charge in [0.25, 0.3) is 0 Å². The monoisotopic (exact) mass is 518 g/mol. The van der Waals surface area contributed by atoms with Crippen molar-refractivity contribution in [3.8, 4) is 0 Å². The van der Waals surface area contributed by atoms with E-state index >= 15 is 0 Å². The van der Waals surface area contributed by atoms with Crippen LogP contribution in [0.1, 0.15) is 56.0 Å². The Balaban J connectivity index is 1.54. The normalized spacial score (nSPS) is 22.3. The first kappa shape index (κ1) is 26.4. The van der Waals surface area contributed by atoms with E-state index in [0.717, 1.165) is 69.5 Å². The van der Waals surface area contributed by atoms with E-state index in [1.807, 2.05) is 18.5 Å². The lowest BCUT2D eigenvalue weighted by Gasteiger charge is -2.50. The molecule has 1 saturated carbocycles. The molecule has 1 aliphatic heterocycles. The first-order valence-electron chi connectivity index (χ1n) is 14.0. The van der Waals surface area contributed by atoms with Crippen molar-refractivity contribution in [1.82, 2.24) is 14.5 Å². The van der Waals surface area contributed by atoms with Crippen molar-refractivity contribution >= 4 is 6.09 Å². The number of carbonyl (C=O) groups is 1. The van der Waals surface area contributed by atoms with Gasteiger partial charge in [0.15, 0.2) is 0 Å². The summed E-state index contributed by atoms with van der Waals surface area (Å²) in [6.07, 6.45) is 8.30. The van der Waals surface area contributed by atoms with E-state index in [2.05, 4.69) is 57.8 Å². The predicted octanol–water partition coefficient (Wildman–Crippen LogP) is 5.70. The third kappa shape index (κ3) is 5.48. The van der Waals surface area contributed by atoms with Crippen molar-refractivity contribution in [2.75, 3.05) is 13.1 Å². The van der Waals surface area contributed by atoms with Crippen LogP contribution < -0.4 is 5.73 Å². The largest absolute Gasteiger partial charge is 0.446 e. The molecule has 0 radical (unpaired) electrons. The Morgan fingerprint density at radius 1 is 1.11 bits per heavy atom. The molecular weight excluding hydrogens is 479 g/mol. The second-order valence-electron chi connectivity index (χ2n) is 10.9. The topological polar surface area (TPSA) is 73.4 Å². The van der Waals surface area contributed by atoms with Crippen LogP contribution in [0.4, 0.5) is 9.18 Å². The Hall–Kier alpha value is -3.19. The van der Waals surface area contributed by atoms with Gasteiger partial charge in [0.05, 0.1) is 0 Å². The molecule has 2 N–H and O–H groups in total. The SMILES string of the molecule is CCc1nccn1CC(c1cccc(F)c1)(C1CCN(Cc2ccccc2)CC1)[C@H]1CCC[C@@H]1OC(N)=O. The molecule has 2 aliphatic rings. The van der Waals surface area contributed by atoms with Gasteiger partial charge in [-0.25, -0.2) is 14.2 Å².